The fourth-order valence-electron chi connectivity index (χ4n) is 1.24. The predicted molar refractivity (Wildman–Crippen MR) is 84.6 cm³/mol. The van der Waals surface area contributed by atoms with Crippen molar-refractivity contribution in [2.24, 2.45) is 5.92 Å². The average molecular weight is 313 g/mol. The predicted octanol–water partition coefficient (Wildman–Crippen LogP) is 3.44. The fourth-order valence-corrected chi connectivity index (χ4v) is 2.40. The van der Waals surface area contributed by atoms with Crippen molar-refractivity contribution in [3.05, 3.63) is 0 Å². The number of alkyl halides is 1. The van der Waals surface area contributed by atoms with E-state index in [1.54, 1.807) is 0 Å². The lowest BCUT2D eigenvalue weighted by atomic mass is 10.3. The third-order valence-electron chi connectivity index (χ3n) is 2.42. The summed E-state index contributed by atoms with van der Waals surface area (Å²) in [4.78, 5) is 0. The van der Waals surface area contributed by atoms with Crippen LogP contribution in [0, 0.1) is 5.92 Å². The molecule has 0 amide bonds. The summed E-state index contributed by atoms with van der Waals surface area (Å²) < 4.78 is 16.3. The van der Waals surface area contributed by atoms with Gasteiger partial charge in [-0.15, -0.1) is 11.6 Å². The van der Waals surface area contributed by atoms with E-state index in [2.05, 4.69) is 13.8 Å². The van der Waals surface area contributed by atoms with Gasteiger partial charge in [-0.2, -0.15) is 11.8 Å². The molecule has 0 bridgehead atoms. The van der Waals surface area contributed by atoms with E-state index in [-0.39, 0.29) is 0 Å². The van der Waals surface area contributed by atoms with Gasteiger partial charge in [0.25, 0.3) is 0 Å². The SMILES string of the molecule is CCCCOCCOCCOCCSCC(C)CCl. The molecule has 1 atom stereocenters. The summed E-state index contributed by atoms with van der Waals surface area (Å²) in [6.07, 6.45) is 2.31. The Labute approximate surface area is 127 Å². The minimum absolute atomic E-state index is 0.586. The van der Waals surface area contributed by atoms with Gasteiger partial charge in [0.15, 0.2) is 0 Å². The molecule has 3 nitrogen and oxygen atoms in total. The lowest BCUT2D eigenvalue weighted by Gasteiger charge is -2.08. The third-order valence-corrected chi connectivity index (χ3v) is 4.21. The van der Waals surface area contributed by atoms with Gasteiger partial charge in [0.1, 0.15) is 0 Å². The first kappa shape index (κ1) is 19.5. The van der Waals surface area contributed by atoms with Gasteiger partial charge in [-0.1, -0.05) is 20.3 Å². The molecule has 0 heterocycles. The van der Waals surface area contributed by atoms with Crippen molar-refractivity contribution in [1.82, 2.24) is 0 Å². The quantitative estimate of drug-likeness (QED) is 0.342. The van der Waals surface area contributed by atoms with Gasteiger partial charge in [-0.3, -0.25) is 0 Å². The van der Waals surface area contributed by atoms with Crippen LogP contribution in [0.25, 0.3) is 0 Å². The number of halogens is 1. The zero-order valence-electron chi connectivity index (χ0n) is 12.4. The molecular formula is C14H29ClO3S. The molecule has 0 saturated carbocycles. The highest BCUT2D eigenvalue weighted by atomic mass is 35.5. The van der Waals surface area contributed by atoms with E-state index < -0.39 is 0 Å². The van der Waals surface area contributed by atoms with Crippen LogP contribution in [0.5, 0.6) is 0 Å². The maximum absolute atomic E-state index is 5.73. The Hall–Kier alpha value is 0.520. The normalized spacial score (nSPS) is 12.8. The lowest BCUT2D eigenvalue weighted by Crippen LogP contribution is -2.11. The van der Waals surface area contributed by atoms with E-state index in [4.69, 9.17) is 25.8 Å². The van der Waals surface area contributed by atoms with Gasteiger partial charge in [-0.25, -0.2) is 0 Å². The van der Waals surface area contributed by atoms with Crippen LogP contribution in [0.2, 0.25) is 0 Å². The second-order valence-corrected chi connectivity index (χ2v) is 5.98. The van der Waals surface area contributed by atoms with E-state index in [0.717, 1.165) is 37.0 Å². The monoisotopic (exact) mass is 312 g/mol. The molecule has 0 saturated heterocycles. The molecule has 0 aromatic heterocycles. The topological polar surface area (TPSA) is 27.7 Å². The highest BCUT2D eigenvalue weighted by molar-refractivity contribution is 7.99. The molecule has 0 rings (SSSR count). The van der Waals surface area contributed by atoms with Crippen LogP contribution in [-0.2, 0) is 14.2 Å². The molecule has 0 aliphatic carbocycles. The summed E-state index contributed by atoms with van der Waals surface area (Å²) in [6, 6.07) is 0. The first-order valence-electron chi connectivity index (χ1n) is 7.18. The summed E-state index contributed by atoms with van der Waals surface area (Å²) in [6.45, 7) is 8.62. The molecule has 0 aliphatic heterocycles. The van der Waals surface area contributed by atoms with Crippen molar-refractivity contribution < 1.29 is 14.2 Å². The van der Waals surface area contributed by atoms with Crippen molar-refractivity contribution in [1.29, 1.82) is 0 Å². The maximum atomic E-state index is 5.73. The maximum Gasteiger partial charge on any atom is 0.0701 e. The Bertz CT molecular complexity index is 173. The number of unbranched alkanes of at least 4 members (excludes halogenated alkanes) is 1. The lowest BCUT2D eigenvalue weighted by molar-refractivity contribution is 0.0169. The van der Waals surface area contributed by atoms with Crippen LogP contribution in [0.15, 0.2) is 0 Å². The van der Waals surface area contributed by atoms with E-state index in [1.165, 1.54) is 6.42 Å². The Morgan fingerprint density at radius 3 is 2.11 bits per heavy atom. The summed E-state index contributed by atoms with van der Waals surface area (Å²) in [7, 11) is 0. The van der Waals surface area contributed by atoms with Crippen LogP contribution in [0.1, 0.15) is 26.7 Å². The Kier molecular flexibility index (Phi) is 17.0. The molecule has 0 N–H and O–H groups in total. The third kappa shape index (κ3) is 16.5. The van der Waals surface area contributed by atoms with Crippen molar-refractivity contribution in [2.45, 2.75) is 26.7 Å². The first-order chi connectivity index (χ1) is 9.31. The van der Waals surface area contributed by atoms with Gasteiger partial charge in [-0.05, 0) is 18.1 Å². The molecule has 5 heteroatoms. The van der Waals surface area contributed by atoms with Gasteiger partial charge in [0, 0.05) is 18.2 Å². The largest absolute Gasteiger partial charge is 0.379 e. The highest BCUT2D eigenvalue weighted by Gasteiger charge is 1.99. The van der Waals surface area contributed by atoms with Gasteiger partial charge >= 0.3 is 0 Å². The van der Waals surface area contributed by atoms with Gasteiger partial charge in [0.05, 0.1) is 33.0 Å². The number of thioether (sulfide) groups is 1. The van der Waals surface area contributed by atoms with Crippen molar-refractivity contribution in [2.75, 3.05) is 57.0 Å². The van der Waals surface area contributed by atoms with E-state index in [1.807, 2.05) is 11.8 Å². The standard InChI is InChI=1S/C14H29ClO3S/c1-3-4-5-16-6-7-17-8-9-18-10-11-19-13-14(2)12-15/h14H,3-13H2,1-2H3. The van der Waals surface area contributed by atoms with E-state index in [0.29, 0.717) is 32.3 Å². The zero-order valence-corrected chi connectivity index (χ0v) is 13.9. The summed E-state index contributed by atoms with van der Waals surface area (Å²) in [5.41, 5.74) is 0. The van der Waals surface area contributed by atoms with Crippen molar-refractivity contribution >= 4 is 23.4 Å². The number of hydrogen-bond acceptors (Lipinski definition) is 4. The second-order valence-electron chi connectivity index (χ2n) is 4.53. The van der Waals surface area contributed by atoms with Gasteiger partial charge < -0.3 is 14.2 Å². The first-order valence-corrected chi connectivity index (χ1v) is 8.87. The summed E-state index contributed by atoms with van der Waals surface area (Å²) in [5.74, 6) is 3.46. The zero-order chi connectivity index (χ0) is 14.2. The second kappa shape index (κ2) is 16.6. The summed E-state index contributed by atoms with van der Waals surface area (Å²) in [5, 5.41) is 0. The van der Waals surface area contributed by atoms with Crippen LogP contribution < -0.4 is 0 Å². The Morgan fingerprint density at radius 2 is 1.53 bits per heavy atom. The number of rotatable bonds is 15. The van der Waals surface area contributed by atoms with Gasteiger partial charge in [0.2, 0.25) is 0 Å². The molecule has 0 aromatic rings. The smallest absolute Gasteiger partial charge is 0.0701 e. The molecular weight excluding hydrogens is 284 g/mol. The molecule has 0 aromatic carbocycles. The fraction of sp³-hybridized carbons (Fsp3) is 1.00. The Balaban J connectivity index is 2.95. The number of hydrogen-bond donors (Lipinski definition) is 0. The molecule has 1 unspecified atom stereocenters. The molecule has 19 heavy (non-hydrogen) atoms. The molecule has 0 fully saturated rings. The Morgan fingerprint density at radius 1 is 0.947 bits per heavy atom. The van der Waals surface area contributed by atoms with Crippen LogP contribution >= 0.6 is 23.4 Å². The van der Waals surface area contributed by atoms with Crippen LogP contribution in [0.3, 0.4) is 0 Å². The van der Waals surface area contributed by atoms with Crippen LogP contribution in [0.4, 0.5) is 0 Å². The average Bonchev–Trinajstić information content (AvgIpc) is 2.43. The van der Waals surface area contributed by atoms with Crippen molar-refractivity contribution in [3.8, 4) is 0 Å². The van der Waals surface area contributed by atoms with Crippen LogP contribution in [-0.4, -0.2) is 57.0 Å². The molecule has 0 spiro atoms. The van der Waals surface area contributed by atoms with E-state index in [9.17, 15) is 0 Å². The molecule has 0 aliphatic rings. The number of ether oxygens (including phenoxy) is 3. The minimum atomic E-state index is 0.586. The minimum Gasteiger partial charge on any atom is -0.379 e. The highest BCUT2D eigenvalue weighted by Crippen LogP contribution is 2.09. The molecule has 116 valence electrons. The summed E-state index contributed by atoms with van der Waals surface area (Å²) >= 11 is 7.63. The van der Waals surface area contributed by atoms with E-state index >= 15 is 0 Å². The molecule has 0 radical (unpaired) electrons. The van der Waals surface area contributed by atoms with Crippen molar-refractivity contribution in [3.63, 3.8) is 0 Å².